The quantitative estimate of drug-likeness (QED) is 0.761. The molecule has 0 fully saturated rings. The highest BCUT2D eigenvalue weighted by molar-refractivity contribution is 5.66. The topological polar surface area (TPSA) is 56.8 Å². The molecule has 3 rings (SSSR count). The van der Waals surface area contributed by atoms with Crippen molar-refractivity contribution in [2.75, 3.05) is 11.9 Å². The van der Waals surface area contributed by atoms with E-state index in [4.69, 9.17) is 14.2 Å². The second kappa shape index (κ2) is 8.01. The van der Waals surface area contributed by atoms with Crippen LogP contribution in [0.4, 0.5) is 5.69 Å². The number of nitrogens with one attached hydrogen (secondary N) is 1. The Kier molecular flexibility index (Phi) is 5.71. The minimum Gasteiger partial charge on any atom is -0.483 e. The highest BCUT2D eigenvalue weighted by atomic mass is 16.6. The Balaban J connectivity index is 1.88. The van der Waals surface area contributed by atoms with Crippen molar-refractivity contribution in [2.24, 2.45) is 0 Å². The molecule has 2 atom stereocenters. The number of ether oxygens (including phenoxy) is 3. The van der Waals surface area contributed by atoms with Crippen molar-refractivity contribution < 1.29 is 19.0 Å². The van der Waals surface area contributed by atoms with Crippen LogP contribution in [0.1, 0.15) is 44.9 Å². The molecule has 0 aromatic heterocycles. The first-order chi connectivity index (χ1) is 12.9. The molecule has 0 saturated carbocycles. The Labute approximate surface area is 160 Å². The molecule has 1 N–H and O–H groups in total. The molecule has 0 spiro atoms. The van der Waals surface area contributed by atoms with Crippen LogP contribution in [0.5, 0.6) is 5.75 Å². The average molecular weight is 369 g/mol. The van der Waals surface area contributed by atoms with Crippen LogP contribution in [0.25, 0.3) is 0 Å². The molecule has 0 bridgehead atoms. The fourth-order valence-corrected chi connectivity index (χ4v) is 3.38. The van der Waals surface area contributed by atoms with Gasteiger partial charge < -0.3 is 19.5 Å². The van der Waals surface area contributed by atoms with Crippen LogP contribution in [-0.2, 0) is 20.8 Å². The van der Waals surface area contributed by atoms with E-state index in [1.165, 1.54) is 12.5 Å². The Morgan fingerprint density at radius 3 is 2.59 bits per heavy atom. The predicted molar refractivity (Wildman–Crippen MR) is 105 cm³/mol. The summed E-state index contributed by atoms with van der Waals surface area (Å²) in [5.74, 6) is 0.412. The zero-order valence-electron chi connectivity index (χ0n) is 16.3. The lowest BCUT2D eigenvalue weighted by molar-refractivity contribution is -0.181. The Bertz CT molecular complexity index is 788. The van der Waals surface area contributed by atoms with Crippen LogP contribution in [0.2, 0.25) is 0 Å². The van der Waals surface area contributed by atoms with Gasteiger partial charge in [0.2, 0.25) is 0 Å². The van der Waals surface area contributed by atoms with Crippen LogP contribution < -0.4 is 10.1 Å². The number of fused-ring (bicyclic) bond motifs is 1. The van der Waals surface area contributed by atoms with Gasteiger partial charge in [-0.15, -0.1) is 0 Å². The SMILES string of the molecule is CCOC1c2cc(NCc3ccccc3)ccc2OC(C)(C)C1OC(C)=O. The van der Waals surface area contributed by atoms with E-state index in [1.54, 1.807) is 0 Å². The number of carbonyl (C=O) groups excluding carboxylic acids is 1. The maximum absolute atomic E-state index is 11.6. The van der Waals surface area contributed by atoms with Gasteiger partial charge in [0, 0.05) is 31.3 Å². The van der Waals surface area contributed by atoms with Crippen LogP contribution in [0, 0.1) is 0 Å². The van der Waals surface area contributed by atoms with E-state index in [0.717, 1.165) is 23.5 Å². The summed E-state index contributed by atoms with van der Waals surface area (Å²) in [5.41, 5.74) is 2.37. The van der Waals surface area contributed by atoms with Crippen LogP contribution >= 0.6 is 0 Å². The molecule has 1 aliphatic heterocycles. The molecular weight excluding hydrogens is 342 g/mol. The number of hydrogen-bond donors (Lipinski definition) is 1. The second-order valence-electron chi connectivity index (χ2n) is 7.20. The highest BCUT2D eigenvalue weighted by Gasteiger charge is 2.47. The maximum atomic E-state index is 11.6. The molecule has 0 radical (unpaired) electrons. The minimum atomic E-state index is -0.683. The largest absolute Gasteiger partial charge is 0.483 e. The van der Waals surface area contributed by atoms with E-state index in [9.17, 15) is 4.79 Å². The zero-order valence-corrected chi connectivity index (χ0v) is 16.3. The Morgan fingerprint density at radius 1 is 1.19 bits per heavy atom. The molecule has 1 heterocycles. The van der Waals surface area contributed by atoms with Crippen molar-refractivity contribution in [1.82, 2.24) is 0 Å². The van der Waals surface area contributed by atoms with Crippen molar-refractivity contribution in [3.8, 4) is 5.75 Å². The van der Waals surface area contributed by atoms with E-state index < -0.39 is 11.7 Å². The molecule has 27 heavy (non-hydrogen) atoms. The lowest BCUT2D eigenvalue weighted by Crippen LogP contribution is -2.51. The summed E-state index contributed by atoms with van der Waals surface area (Å²) in [6, 6.07) is 16.2. The van der Waals surface area contributed by atoms with Gasteiger partial charge in [-0.05, 0) is 44.5 Å². The number of esters is 1. The molecule has 0 saturated heterocycles. The van der Waals surface area contributed by atoms with Crippen LogP contribution in [0.15, 0.2) is 48.5 Å². The molecule has 1 aliphatic rings. The number of carbonyl (C=O) groups is 1. The standard InChI is InChI=1S/C22H27NO4/c1-5-25-20-18-13-17(23-14-16-9-7-6-8-10-16)11-12-19(18)27-22(3,4)21(20)26-15(2)24/h6-13,20-21,23H,5,14H2,1-4H3. The van der Waals surface area contributed by atoms with Gasteiger partial charge in [0.15, 0.2) is 6.10 Å². The van der Waals surface area contributed by atoms with Gasteiger partial charge in [-0.2, -0.15) is 0 Å². The van der Waals surface area contributed by atoms with E-state index in [0.29, 0.717) is 6.61 Å². The zero-order chi connectivity index (χ0) is 19.4. The summed E-state index contributed by atoms with van der Waals surface area (Å²) >= 11 is 0. The third-order valence-corrected chi connectivity index (χ3v) is 4.63. The lowest BCUT2D eigenvalue weighted by atomic mass is 9.88. The molecule has 0 amide bonds. The van der Waals surface area contributed by atoms with Gasteiger partial charge >= 0.3 is 5.97 Å². The van der Waals surface area contributed by atoms with Crippen molar-refractivity contribution in [3.63, 3.8) is 0 Å². The second-order valence-corrected chi connectivity index (χ2v) is 7.20. The summed E-state index contributed by atoms with van der Waals surface area (Å²) in [4.78, 5) is 11.6. The lowest BCUT2D eigenvalue weighted by Gasteiger charge is -2.43. The first-order valence-electron chi connectivity index (χ1n) is 9.30. The number of benzene rings is 2. The van der Waals surface area contributed by atoms with Gasteiger partial charge in [0.05, 0.1) is 0 Å². The third kappa shape index (κ3) is 4.42. The smallest absolute Gasteiger partial charge is 0.303 e. The molecule has 2 aromatic rings. The van der Waals surface area contributed by atoms with Gasteiger partial charge in [-0.1, -0.05) is 30.3 Å². The molecule has 5 heteroatoms. The molecule has 144 valence electrons. The third-order valence-electron chi connectivity index (χ3n) is 4.63. The highest BCUT2D eigenvalue weighted by Crippen LogP contribution is 2.44. The summed E-state index contributed by atoms with van der Waals surface area (Å²) < 4.78 is 17.7. The minimum absolute atomic E-state index is 0.344. The first kappa shape index (κ1) is 19.2. The fourth-order valence-electron chi connectivity index (χ4n) is 3.38. The number of anilines is 1. The Morgan fingerprint density at radius 2 is 1.93 bits per heavy atom. The molecule has 0 aliphatic carbocycles. The molecular formula is C22H27NO4. The Hall–Kier alpha value is -2.53. The van der Waals surface area contributed by atoms with E-state index in [-0.39, 0.29) is 12.1 Å². The van der Waals surface area contributed by atoms with Gasteiger partial charge in [0.1, 0.15) is 17.5 Å². The van der Waals surface area contributed by atoms with Gasteiger partial charge in [-0.3, -0.25) is 4.79 Å². The van der Waals surface area contributed by atoms with E-state index >= 15 is 0 Å². The summed E-state index contributed by atoms with van der Waals surface area (Å²) in [5, 5.41) is 3.43. The van der Waals surface area contributed by atoms with Crippen LogP contribution in [-0.4, -0.2) is 24.3 Å². The molecule has 5 nitrogen and oxygen atoms in total. The first-order valence-corrected chi connectivity index (χ1v) is 9.30. The summed E-state index contributed by atoms with van der Waals surface area (Å²) in [6.45, 7) is 8.41. The average Bonchev–Trinajstić information content (AvgIpc) is 2.63. The van der Waals surface area contributed by atoms with Crippen molar-refractivity contribution >= 4 is 11.7 Å². The van der Waals surface area contributed by atoms with E-state index in [1.807, 2.05) is 57.2 Å². The fraction of sp³-hybridized carbons (Fsp3) is 0.409. The summed E-state index contributed by atoms with van der Waals surface area (Å²) in [7, 11) is 0. The monoisotopic (exact) mass is 369 g/mol. The van der Waals surface area contributed by atoms with Crippen molar-refractivity contribution in [3.05, 3.63) is 59.7 Å². The van der Waals surface area contributed by atoms with Crippen molar-refractivity contribution in [1.29, 1.82) is 0 Å². The van der Waals surface area contributed by atoms with E-state index in [2.05, 4.69) is 17.4 Å². The van der Waals surface area contributed by atoms with Crippen molar-refractivity contribution in [2.45, 2.75) is 52.0 Å². The number of rotatable bonds is 6. The predicted octanol–water partition coefficient (Wildman–Crippen LogP) is 4.48. The summed E-state index contributed by atoms with van der Waals surface area (Å²) in [6.07, 6.45) is -0.900. The molecule has 2 aromatic carbocycles. The van der Waals surface area contributed by atoms with Gasteiger partial charge in [-0.25, -0.2) is 0 Å². The van der Waals surface area contributed by atoms with Gasteiger partial charge in [0.25, 0.3) is 0 Å². The van der Waals surface area contributed by atoms with Crippen LogP contribution in [0.3, 0.4) is 0 Å². The normalized spacial score (nSPS) is 20.3. The maximum Gasteiger partial charge on any atom is 0.303 e. The molecule has 2 unspecified atom stereocenters. The number of hydrogen-bond acceptors (Lipinski definition) is 5.